The number of aromatic nitrogens is 5. The number of carbonyl (C=O) groups excluding carboxylic acids is 1. The molecule has 0 atom stereocenters. The summed E-state index contributed by atoms with van der Waals surface area (Å²) in [5, 5.41) is 19.6. The maximum atomic E-state index is 12.8. The molecule has 1 saturated carbocycles. The second-order valence-electron chi connectivity index (χ2n) is 7.59. The van der Waals surface area contributed by atoms with Gasteiger partial charge < -0.3 is 5.73 Å². The van der Waals surface area contributed by atoms with Crippen molar-refractivity contribution in [3.8, 4) is 5.82 Å². The number of nitrogens with two attached hydrogens (primary N) is 1. The number of hydrogen-bond acceptors (Lipinski definition) is 9. The topological polar surface area (TPSA) is 140 Å². The number of hydrogen-bond donors (Lipinski definition) is 2. The molecule has 1 aromatic carbocycles. The molecule has 0 unspecified atom stereocenters. The van der Waals surface area contributed by atoms with Crippen LogP contribution in [0.4, 0.5) is 5.82 Å². The Morgan fingerprint density at radius 1 is 1.29 bits per heavy atom. The summed E-state index contributed by atoms with van der Waals surface area (Å²) in [4.78, 5) is 15.0. The average molecular weight is 423 g/mol. The first-order chi connectivity index (χ1) is 15.1. The Bertz CT molecular complexity index is 1040. The Morgan fingerprint density at radius 3 is 2.77 bits per heavy atom. The second kappa shape index (κ2) is 9.47. The van der Waals surface area contributed by atoms with Gasteiger partial charge >= 0.3 is 0 Å². The molecule has 4 rings (SSSR count). The van der Waals surface area contributed by atoms with Crippen LogP contribution < -0.4 is 11.2 Å². The smallest absolute Gasteiger partial charge is 0.293 e. The molecule has 1 aliphatic rings. The van der Waals surface area contributed by atoms with Crippen LogP contribution in [0.5, 0.6) is 0 Å². The minimum Gasteiger partial charge on any atom is -0.378 e. The van der Waals surface area contributed by atoms with Crippen LogP contribution in [0.2, 0.25) is 0 Å². The molecule has 31 heavy (non-hydrogen) atoms. The van der Waals surface area contributed by atoms with Crippen molar-refractivity contribution in [2.24, 2.45) is 5.10 Å². The van der Waals surface area contributed by atoms with E-state index in [-0.39, 0.29) is 17.3 Å². The summed E-state index contributed by atoms with van der Waals surface area (Å²) >= 11 is 0. The Kier molecular flexibility index (Phi) is 6.32. The van der Waals surface area contributed by atoms with E-state index in [1.165, 1.54) is 23.9 Å². The predicted octanol–water partition coefficient (Wildman–Crippen LogP) is 1.76. The first-order valence-corrected chi connectivity index (χ1v) is 10.2. The number of nitrogens with zero attached hydrogens (tertiary/aromatic N) is 7. The molecule has 0 radical (unpaired) electrons. The van der Waals surface area contributed by atoms with E-state index in [0.717, 1.165) is 18.4 Å². The van der Waals surface area contributed by atoms with Crippen LogP contribution >= 0.6 is 0 Å². The van der Waals surface area contributed by atoms with Gasteiger partial charge in [-0.2, -0.15) is 9.78 Å². The van der Waals surface area contributed by atoms with Gasteiger partial charge in [0.15, 0.2) is 5.69 Å². The summed E-state index contributed by atoms with van der Waals surface area (Å²) in [6.07, 6.45) is 7.47. The lowest BCUT2D eigenvalue weighted by Gasteiger charge is -2.31. The third-order valence-corrected chi connectivity index (χ3v) is 5.45. The van der Waals surface area contributed by atoms with Gasteiger partial charge in [-0.15, -0.1) is 5.10 Å². The van der Waals surface area contributed by atoms with Crippen LogP contribution in [0.3, 0.4) is 0 Å². The lowest BCUT2D eigenvalue weighted by atomic mass is 9.94. The summed E-state index contributed by atoms with van der Waals surface area (Å²) in [6.45, 7) is 0.440. The quantitative estimate of drug-likeness (QED) is 0.433. The van der Waals surface area contributed by atoms with E-state index in [4.69, 9.17) is 10.4 Å². The van der Waals surface area contributed by atoms with Crippen molar-refractivity contribution in [3.05, 3.63) is 47.3 Å². The third-order valence-electron chi connectivity index (χ3n) is 5.45. The van der Waals surface area contributed by atoms with Crippen LogP contribution in [0.1, 0.15) is 53.8 Å². The van der Waals surface area contributed by atoms with Crippen molar-refractivity contribution in [1.82, 2.24) is 35.6 Å². The SMILES string of the molecule is CN(Cc1c(C(=O)N/N=C\c2ccccc2)nnn1-c1nonc1N)C1CCCCC1. The summed E-state index contributed by atoms with van der Waals surface area (Å²) in [5.41, 5.74) is 9.93. The summed E-state index contributed by atoms with van der Waals surface area (Å²) in [6, 6.07) is 9.90. The van der Waals surface area contributed by atoms with Crippen molar-refractivity contribution in [2.45, 2.75) is 44.7 Å². The summed E-state index contributed by atoms with van der Waals surface area (Å²) in [7, 11) is 2.03. The van der Waals surface area contributed by atoms with Crippen molar-refractivity contribution in [3.63, 3.8) is 0 Å². The van der Waals surface area contributed by atoms with Crippen LogP contribution in [-0.4, -0.2) is 55.4 Å². The molecule has 1 aliphatic carbocycles. The normalized spacial score (nSPS) is 15.0. The van der Waals surface area contributed by atoms with Crippen molar-refractivity contribution >= 4 is 17.9 Å². The van der Waals surface area contributed by atoms with Crippen LogP contribution in [-0.2, 0) is 6.54 Å². The molecule has 11 heteroatoms. The summed E-state index contributed by atoms with van der Waals surface area (Å²) < 4.78 is 6.11. The first-order valence-electron chi connectivity index (χ1n) is 10.2. The minimum absolute atomic E-state index is 0.0699. The molecule has 0 spiro atoms. The number of rotatable bonds is 7. The molecular weight excluding hydrogens is 398 g/mol. The second-order valence-corrected chi connectivity index (χ2v) is 7.59. The van der Waals surface area contributed by atoms with Gasteiger partial charge in [-0.05, 0) is 35.8 Å². The molecule has 162 valence electrons. The molecule has 0 saturated heterocycles. The Hall–Kier alpha value is -3.60. The maximum absolute atomic E-state index is 12.8. The molecular formula is C20H25N9O2. The highest BCUT2D eigenvalue weighted by Gasteiger charge is 2.27. The fourth-order valence-electron chi connectivity index (χ4n) is 3.77. The van der Waals surface area contributed by atoms with E-state index < -0.39 is 5.91 Å². The minimum atomic E-state index is -0.472. The van der Waals surface area contributed by atoms with Crippen molar-refractivity contribution in [1.29, 1.82) is 0 Å². The largest absolute Gasteiger partial charge is 0.378 e. The number of nitrogens with one attached hydrogen (secondary N) is 1. The third kappa shape index (κ3) is 4.77. The standard InChI is InChI=1S/C20H25N9O2/c1-28(15-10-6-3-7-11-15)13-16-17(23-27-29(16)19-18(21)25-31-26-19)20(30)24-22-12-14-8-4-2-5-9-14/h2,4-5,8-9,12,15H,3,6-7,10-11,13H2,1H3,(H2,21,25)(H,24,30)/b22-12-. The van der Waals surface area contributed by atoms with E-state index in [9.17, 15) is 4.79 Å². The number of benzene rings is 1. The first kappa shape index (κ1) is 20.7. The fraction of sp³-hybridized carbons (Fsp3) is 0.400. The highest BCUT2D eigenvalue weighted by Crippen LogP contribution is 2.24. The van der Waals surface area contributed by atoms with Crippen LogP contribution in [0.15, 0.2) is 40.1 Å². The number of hydrazone groups is 1. The number of anilines is 1. The van der Waals surface area contributed by atoms with Gasteiger partial charge in [-0.25, -0.2) is 10.1 Å². The van der Waals surface area contributed by atoms with Crippen molar-refractivity contribution < 1.29 is 9.42 Å². The van der Waals surface area contributed by atoms with Gasteiger partial charge in [0.25, 0.3) is 5.91 Å². The van der Waals surface area contributed by atoms with Gasteiger partial charge in [0.2, 0.25) is 11.6 Å². The summed E-state index contributed by atoms with van der Waals surface area (Å²) in [5.74, 6) is -0.201. The fourth-order valence-corrected chi connectivity index (χ4v) is 3.77. The van der Waals surface area contributed by atoms with Gasteiger partial charge in [0.05, 0.1) is 11.9 Å². The molecule has 0 bridgehead atoms. The molecule has 0 aliphatic heterocycles. The zero-order valence-electron chi connectivity index (χ0n) is 17.3. The maximum Gasteiger partial charge on any atom is 0.293 e. The average Bonchev–Trinajstić information content (AvgIpc) is 3.40. The molecule has 2 heterocycles. The highest BCUT2D eigenvalue weighted by atomic mass is 16.6. The highest BCUT2D eigenvalue weighted by molar-refractivity contribution is 5.94. The molecule has 1 fully saturated rings. The molecule has 2 aromatic heterocycles. The zero-order valence-corrected chi connectivity index (χ0v) is 17.3. The molecule has 1 amide bonds. The van der Waals surface area contributed by atoms with Gasteiger partial charge in [0.1, 0.15) is 0 Å². The van der Waals surface area contributed by atoms with E-state index in [1.807, 2.05) is 37.4 Å². The van der Waals surface area contributed by atoms with E-state index in [2.05, 4.69) is 36.1 Å². The lowest BCUT2D eigenvalue weighted by Crippen LogP contribution is -2.34. The van der Waals surface area contributed by atoms with E-state index in [1.54, 1.807) is 6.21 Å². The van der Waals surface area contributed by atoms with Crippen molar-refractivity contribution in [2.75, 3.05) is 12.8 Å². The van der Waals surface area contributed by atoms with E-state index in [0.29, 0.717) is 18.3 Å². The predicted molar refractivity (Wildman–Crippen MR) is 113 cm³/mol. The molecule has 11 nitrogen and oxygen atoms in total. The van der Waals surface area contributed by atoms with Crippen LogP contribution in [0.25, 0.3) is 5.82 Å². The van der Waals surface area contributed by atoms with Crippen LogP contribution in [0, 0.1) is 0 Å². The Labute approximate surface area is 179 Å². The number of nitrogen functional groups attached to an aromatic ring is 1. The van der Waals surface area contributed by atoms with E-state index >= 15 is 0 Å². The monoisotopic (exact) mass is 423 g/mol. The van der Waals surface area contributed by atoms with Gasteiger partial charge in [-0.3, -0.25) is 9.69 Å². The molecule has 3 N–H and O–H groups in total. The Balaban J connectivity index is 1.57. The lowest BCUT2D eigenvalue weighted by molar-refractivity contribution is 0.0947. The van der Waals surface area contributed by atoms with Gasteiger partial charge in [0, 0.05) is 12.6 Å². The number of amides is 1. The zero-order chi connectivity index (χ0) is 21.6. The number of carbonyl (C=O) groups is 1. The molecule has 3 aromatic rings. The Morgan fingerprint density at radius 2 is 2.06 bits per heavy atom. The van der Waals surface area contributed by atoms with Gasteiger partial charge in [-0.1, -0.05) is 54.8 Å².